The fourth-order valence-electron chi connectivity index (χ4n) is 2.15. The van der Waals surface area contributed by atoms with Gasteiger partial charge in [-0.2, -0.15) is 13.2 Å². The maximum atomic E-state index is 13.0. The normalized spacial score (nSPS) is 17.1. The van der Waals surface area contributed by atoms with Crippen molar-refractivity contribution in [2.45, 2.75) is 32.5 Å². The van der Waals surface area contributed by atoms with Gasteiger partial charge in [-0.15, -0.1) is 0 Å². The molecule has 0 atom stereocenters. The minimum atomic E-state index is -4.55. The first-order valence-electron chi connectivity index (χ1n) is 6.30. The molecule has 0 fully saturated rings. The van der Waals surface area contributed by atoms with Crippen LogP contribution in [0.1, 0.15) is 30.5 Å². The van der Waals surface area contributed by atoms with Gasteiger partial charge in [0.1, 0.15) is 6.61 Å². The summed E-state index contributed by atoms with van der Waals surface area (Å²) in [5, 5.41) is 2.12. The average molecular weight is 300 g/mol. The van der Waals surface area contributed by atoms with Gasteiger partial charge in [0.2, 0.25) is 12.3 Å². The van der Waals surface area contributed by atoms with Crippen molar-refractivity contribution in [2.24, 2.45) is 4.99 Å². The highest BCUT2D eigenvalue weighted by Gasteiger charge is 2.36. The van der Waals surface area contributed by atoms with E-state index in [2.05, 4.69) is 10.3 Å². The van der Waals surface area contributed by atoms with Gasteiger partial charge >= 0.3 is 6.18 Å². The molecule has 21 heavy (non-hydrogen) atoms. The second-order valence-corrected chi connectivity index (χ2v) is 5.44. The predicted molar refractivity (Wildman–Crippen MR) is 72.4 cm³/mol. The van der Waals surface area contributed by atoms with Crippen LogP contribution in [0.3, 0.4) is 0 Å². The van der Waals surface area contributed by atoms with Crippen LogP contribution in [0.2, 0.25) is 0 Å². The molecule has 1 aliphatic rings. The number of carbonyl (C=O) groups is 1. The summed E-state index contributed by atoms with van der Waals surface area (Å²) in [6.07, 6.45) is -4.32. The molecule has 7 heteroatoms. The van der Waals surface area contributed by atoms with Crippen LogP contribution in [0.4, 0.5) is 18.9 Å². The highest BCUT2D eigenvalue weighted by molar-refractivity contribution is 5.99. The van der Waals surface area contributed by atoms with Crippen LogP contribution in [0, 0.1) is 6.92 Å². The van der Waals surface area contributed by atoms with E-state index < -0.39 is 17.3 Å². The number of rotatable bonds is 3. The zero-order valence-corrected chi connectivity index (χ0v) is 11.8. The molecule has 0 saturated carbocycles. The first-order valence-corrected chi connectivity index (χ1v) is 6.30. The molecule has 0 radical (unpaired) electrons. The van der Waals surface area contributed by atoms with Gasteiger partial charge in [0.15, 0.2) is 0 Å². The summed E-state index contributed by atoms with van der Waals surface area (Å²) in [6.45, 7) is 5.58. The lowest BCUT2D eigenvalue weighted by Gasteiger charge is -2.17. The van der Waals surface area contributed by atoms with E-state index in [1.165, 1.54) is 13.0 Å². The van der Waals surface area contributed by atoms with Crippen LogP contribution >= 0.6 is 0 Å². The molecule has 1 amide bonds. The van der Waals surface area contributed by atoms with E-state index in [0.717, 1.165) is 6.07 Å². The minimum Gasteiger partial charge on any atom is -0.475 e. The van der Waals surface area contributed by atoms with E-state index in [-0.39, 0.29) is 17.7 Å². The van der Waals surface area contributed by atoms with E-state index in [9.17, 15) is 18.0 Å². The SMILES string of the molecule is Cc1c(C2=NC(C)(C)CO2)ccc(C(F)(F)F)c1NC=O. The number of anilines is 1. The fourth-order valence-corrected chi connectivity index (χ4v) is 2.15. The average Bonchev–Trinajstić information content (AvgIpc) is 2.70. The van der Waals surface area contributed by atoms with E-state index in [0.29, 0.717) is 18.1 Å². The number of aliphatic imine (C=N–C) groups is 1. The Morgan fingerprint density at radius 1 is 1.38 bits per heavy atom. The molecule has 0 unspecified atom stereocenters. The topological polar surface area (TPSA) is 50.7 Å². The van der Waals surface area contributed by atoms with Crippen LogP contribution in [0.5, 0.6) is 0 Å². The second kappa shape index (κ2) is 5.05. The molecule has 1 aromatic carbocycles. The maximum Gasteiger partial charge on any atom is 0.418 e. The largest absolute Gasteiger partial charge is 0.475 e. The van der Waals surface area contributed by atoms with Gasteiger partial charge in [0.05, 0.1) is 16.8 Å². The van der Waals surface area contributed by atoms with Gasteiger partial charge in [-0.3, -0.25) is 4.79 Å². The monoisotopic (exact) mass is 300 g/mol. The molecule has 0 bridgehead atoms. The lowest BCUT2D eigenvalue weighted by atomic mass is 10.0. The number of nitrogens with zero attached hydrogens (tertiary/aromatic N) is 1. The number of carbonyl (C=O) groups excluding carboxylic acids is 1. The fraction of sp³-hybridized carbons (Fsp3) is 0.429. The standard InChI is InChI=1S/C14H15F3N2O2/c1-8-9(12-19-13(2,3)6-21-12)4-5-10(14(15,16)17)11(8)18-7-20/h4-5,7H,6H2,1-3H3,(H,18,20). The van der Waals surface area contributed by atoms with Crippen molar-refractivity contribution in [2.75, 3.05) is 11.9 Å². The molecule has 1 aliphatic heterocycles. The van der Waals surface area contributed by atoms with Crippen molar-refractivity contribution < 1.29 is 22.7 Å². The van der Waals surface area contributed by atoms with Crippen LogP contribution in [0.15, 0.2) is 17.1 Å². The highest BCUT2D eigenvalue weighted by Crippen LogP contribution is 2.38. The molecular formula is C14H15F3N2O2. The molecule has 114 valence electrons. The third-order valence-electron chi connectivity index (χ3n) is 3.17. The Morgan fingerprint density at radius 2 is 2.05 bits per heavy atom. The smallest absolute Gasteiger partial charge is 0.418 e. The summed E-state index contributed by atoms with van der Waals surface area (Å²) in [5.74, 6) is 0.292. The maximum absolute atomic E-state index is 13.0. The van der Waals surface area contributed by atoms with Gasteiger partial charge < -0.3 is 10.1 Å². The lowest BCUT2D eigenvalue weighted by molar-refractivity contribution is -0.137. The third-order valence-corrected chi connectivity index (χ3v) is 3.17. The molecule has 2 rings (SSSR count). The molecule has 0 aromatic heterocycles. The Kier molecular flexibility index (Phi) is 3.69. The Balaban J connectivity index is 2.56. The van der Waals surface area contributed by atoms with Gasteiger partial charge in [-0.05, 0) is 38.5 Å². The molecule has 1 heterocycles. The number of alkyl halides is 3. The molecule has 0 spiro atoms. The van der Waals surface area contributed by atoms with Crippen molar-refractivity contribution in [1.82, 2.24) is 0 Å². The minimum absolute atomic E-state index is 0.225. The van der Waals surface area contributed by atoms with Gasteiger partial charge in [-0.1, -0.05) is 0 Å². The number of benzene rings is 1. The van der Waals surface area contributed by atoms with Crippen LogP contribution < -0.4 is 5.32 Å². The van der Waals surface area contributed by atoms with Crippen LogP contribution in [-0.4, -0.2) is 24.5 Å². The van der Waals surface area contributed by atoms with E-state index in [1.54, 1.807) is 0 Å². The summed E-state index contributed by atoms with van der Waals surface area (Å²) >= 11 is 0. The Bertz CT molecular complexity index is 607. The summed E-state index contributed by atoms with van der Waals surface area (Å²) in [4.78, 5) is 14.9. The highest BCUT2D eigenvalue weighted by atomic mass is 19.4. The van der Waals surface area contributed by atoms with Gasteiger partial charge in [0, 0.05) is 5.56 Å². The molecular weight excluding hydrogens is 285 g/mol. The van der Waals surface area contributed by atoms with E-state index in [1.807, 2.05) is 13.8 Å². The molecule has 0 aliphatic carbocycles. The number of ether oxygens (including phenoxy) is 1. The zero-order chi connectivity index (χ0) is 15.8. The molecule has 1 N–H and O–H groups in total. The molecule has 4 nitrogen and oxygen atoms in total. The predicted octanol–water partition coefficient (Wildman–Crippen LogP) is 3.14. The summed E-state index contributed by atoms with van der Waals surface area (Å²) in [6, 6.07) is 2.24. The van der Waals surface area contributed by atoms with Gasteiger partial charge in [0.25, 0.3) is 0 Å². The lowest BCUT2D eigenvalue weighted by Crippen LogP contribution is -2.17. The van der Waals surface area contributed by atoms with Crippen molar-refractivity contribution >= 4 is 18.0 Å². The van der Waals surface area contributed by atoms with Crippen LogP contribution in [0.25, 0.3) is 0 Å². The van der Waals surface area contributed by atoms with E-state index in [4.69, 9.17) is 4.74 Å². The van der Waals surface area contributed by atoms with Crippen molar-refractivity contribution in [3.63, 3.8) is 0 Å². The molecule has 1 aromatic rings. The number of hydrogen-bond donors (Lipinski definition) is 1. The Labute approximate surface area is 120 Å². The Morgan fingerprint density at radius 3 is 2.52 bits per heavy atom. The quantitative estimate of drug-likeness (QED) is 0.872. The van der Waals surface area contributed by atoms with Crippen LogP contribution in [-0.2, 0) is 15.7 Å². The van der Waals surface area contributed by atoms with E-state index >= 15 is 0 Å². The third kappa shape index (κ3) is 3.01. The molecule has 0 saturated heterocycles. The Hall–Kier alpha value is -2.05. The number of nitrogens with one attached hydrogen (secondary N) is 1. The first-order chi connectivity index (χ1) is 9.65. The summed E-state index contributed by atoms with van der Waals surface area (Å²) in [7, 11) is 0. The first kappa shape index (κ1) is 15.3. The van der Waals surface area contributed by atoms with Crippen molar-refractivity contribution in [1.29, 1.82) is 0 Å². The summed E-state index contributed by atoms with van der Waals surface area (Å²) in [5.41, 5.74) is -0.867. The van der Waals surface area contributed by atoms with Crippen molar-refractivity contribution in [3.05, 3.63) is 28.8 Å². The second-order valence-electron chi connectivity index (χ2n) is 5.44. The summed E-state index contributed by atoms with van der Waals surface area (Å²) < 4.78 is 44.3. The number of hydrogen-bond acceptors (Lipinski definition) is 3. The number of halogens is 3. The number of amides is 1. The zero-order valence-electron chi connectivity index (χ0n) is 11.8. The van der Waals surface area contributed by atoms with Gasteiger partial charge in [-0.25, -0.2) is 4.99 Å². The van der Waals surface area contributed by atoms with Crippen molar-refractivity contribution in [3.8, 4) is 0 Å².